The van der Waals surface area contributed by atoms with Gasteiger partial charge in [0.05, 0.1) is 26.2 Å². The van der Waals surface area contributed by atoms with Gasteiger partial charge in [0.15, 0.2) is 0 Å². The number of hydrogen-bond acceptors (Lipinski definition) is 4. The van der Waals surface area contributed by atoms with E-state index in [-0.39, 0.29) is 6.42 Å². The fraction of sp³-hybridized carbons (Fsp3) is 0.947. The van der Waals surface area contributed by atoms with Gasteiger partial charge in [0, 0.05) is 19.7 Å². The first-order valence-electron chi connectivity index (χ1n) is 9.85. The monoisotopic (exact) mass is 345 g/mol. The standard InChI is InChI=1S/C19H39NO4/c1-2-3-4-5-6-7-8-9-10-11-15-23-17-18-24-16-14-20-13-12-19(21)22/h20H,2-18H2,1H3,(H,21,22). The Balaban J connectivity index is 2.97. The maximum atomic E-state index is 10.3. The Morgan fingerprint density at radius 1 is 0.750 bits per heavy atom. The third-order valence-corrected chi connectivity index (χ3v) is 3.95. The number of unbranched alkanes of at least 4 members (excludes halogenated alkanes) is 9. The van der Waals surface area contributed by atoms with Gasteiger partial charge >= 0.3 is 5.97 Å². The molecule has 0 aliphatic rings. The number of carboxylic acid groups (broad SMARTS) is 1. The molecule has 24 heavy (non-hydrogen) atoms. The van der Waals surface area contributed by atoms with Crippen molar-refractivity contribution in [2.45, 2.75) is 77.6 Å². The summed E-state index contributed by atoms with van der Waals surface area (Å²) < 4.78 is 10.9. The van der Waals surface area contributed by atoms with Crippen LogP contribution in [0.5, 0.6) is 0 Å². The number of aliphatic carboxylic acids is 1. The van der Waals surface area contributed by atoms with Crippen LogP contribution in [0.25, 0.3) is 0 Å². The molecule has 0 rings (SSSR count). The topological polar surface area (TPSA) is 67.8 Å². The number of carboxylic acids is 1. The Bertz CT molecular complexity index is 262. The Hall–Kier alpha value is -0.650. The summed E-state index contributed by atoms with van der Waals surface area (Å²) in [7, 11) is 0. The minimum atomic E-state index is -0.774. The molecule has 5 heteroatoms. The van der Waals surface area contributed by atoms with Gasteiger partial charge < -0.3 is 19.9 Å². The van der Waals surface area contributed by atoms with Crippen LogP contribution in [0.15, 0.2) is 0 Å². The van der Waals surface area contributed by atoms with Gasteiger partial charge in [0.2, 0.25) is 0 Å². The molecule has 2 N–H and O–H groups in total. The summed E-state index contributed by atoms with van der Waals surface area (Å²) >= 11 is 0. The molecule has 0 amide bonds. The lowest BCUT2D eigenvalue weighted by atomic mass is 10.1. The van der Waals surface area contributed by atoms with Gasteiger partial charge in [-0.05, 0) is 6.42 Å². The van der Waals surface area contributed by atoms with E-state index in [1.165, 1.54) is 57.8 Å². The zero-order chi connectivity index (χ0) is 17.7. The summed E-state index contributed by atoms with van der Waals surface area (Å²) in [6.45, 7) is 6.12. The second-order valence-corrected chi connectivity index (χ2v) is 6.30. The van der Waals surface area contributed by atoms with Crippen LogP contribution >= 0.6 is 0 Å². The molecular weight excluding hydrogens is 306 g/mol. The van der Waals surface area contributed by atoms with E-state index in [4.69, 9.17) is 14.6 Å². The number of carbonyl (C=O) groups is 1. The van der Waals surface area contributed by atoms with Gasteiger partial charge in [0.1, 0.15) is 0 Å². The van der Waals surface area contributed by atoms with Gasteiger partial charge in [-0.1, -0.05) is 64.7 Å². The normalized spacial score (nSPS) is 11.0. The van der Waals surface area contributed by atoms with Crippen LogP contribution < -0.4 is 5.32 Å². The van der Waals surface area contributed by atoms with Crippen LogP contribution in [0.1, 0.15) is 77.6 Å². The van der Waals surface area contributed by atoms with Gasteiger partial charge in [-0.15, -0.1) is 0 Å². The third-order valence-electron chi connectivity index (χ3n) is 3.95. The van der Waals surface area contributed by atoms with Crippen LogP contribution in [-0.2, 0) is 14.3 Å². The average Bonchev–Trinajstić information content (AvgIpc) is 2.56. The van der Waals surface area contributed by atoms with Crippen molar-refractivity contribution in [1.82, 2.24) is 5.32 Å². The van der Waals surface area contributed by atoms with E-state index < -0.39 is 5.97 Å². The number of hydrogen-bond donors (Lipinski definition) is 2. The Kier molecular flexibility index (Phi) is 19.8. The van der Waals surface area contributed by atoms with Crippen molar-refractivity contribution < 1.29 is 19.4 Å². The molecule has 0 saturated carbocycles. The first kappa shape index (κ1) is 23.4. The molecule has 0 heterocycles. The van der Waals surface area contributed by atoms with Crippen LogP contribution in [0.2, 0.25) is 0 Å². The van der Waals surface area contributed by atoms with Crippen LogP contribution in [-0.4, -0.2) is 50.6 Å². The quantitative estimate of drug-likeness (QED) is 0.326. The molecule has 0 fully saturated rings. The summed E-state index contributed by atoms with van der Waals surface area (Å²) in [5, 5.41) is 11.5. The predicted molar refractivity (Wildman–Crippen MR) is 98.6 cm³/mol. The van der Waals surface area contributed by atoms with E-state index in [1.54, 1.807) is 0 Å². The number of rotatable bonds is 20. The first-order valence-corrected chi connectivity index (χ1v) is 9.85. The summed E-state index contributed by atoms with van der Waals surface area (Å²) in [5.74, 6) is -0.774. The van der Waals surface area contributed by atoms with Crippen molar-refractivity contribution in [2.75, 3.05) is 39.5 Å². The lowest BCUT2D eigenvalue weighted by Crippen LogP contribution is -2.23. The minimum Gasteiger partial charge on any atom is -0.481 e. The highest BCUT2D eigenvalue weighted by Gasteiger charge is 1.96. The fourth-order valence-electron chi connectivity index (χ4n) is 2.48. The SMILES string of the molecule is CCCCCCCCCCCCOCCOCCNCCC(=O)O. The molecule has 0 radical (unpaired) electrons. The number of nitrogens with one attached hydrogen (secondary N) is 1. The molecule has 0 aliphatic heterocycles. The molecule has 0 aliphatic carbocycles. The van der Waals surface area contributed by atoms with Gasteiger partial charge in [-0.25, -0.2) is 0 Å². The third kappa shape index (κ3) is 21.4. The molecule has 0 saturated heterocycles. The van der Waals surface area contributed by atoms with E-state index in [2.05, 4.69) is 12.2 Å². The van der Waals surface area contributed by atoms with E-state index in [0.717, 1.165) is 13.0 Å². The molecule has 0 aromatic carbocycles. The van der Waals surface area contributed by atoms with Crippen molar-refractivity contribution in [3.8, 4) is 0 Å². The molecule has 0 unspecified atom stereocenters. The van der Waals surface area contributed by atoms with E-state index in [9.17, 15) is 4.79 Å². The Morgan fingerprint density at radius 2 is 1.29 bits per heavy atom. The van der Waals surface area contributed by atoms with Crippen LogP contribution in [0, 0.1) is 0 Å². The largest absolute Gasteiger partial charge is 0.481 e. The summed E-state index contributed by atoms with van der Waals surface area (Å²) in [5.41, 5.74) is 0. The zero-order valence-electron chi connectivity index (χ0n) is 15.7. The predicted octanol–water partition coefficient (Wildman–Crippen LogP) is 4.00. The summed E-state index contributed by atoms with van der Waals surface area (Å²) in [6.07, 6.45) is 13.6. The molecule has 144 valence electrons. The molecular formula is C19H39NO4. The van der Waals surface area contributed by atoms with E-state index >= 15 is 0 Å². The number of ether oxygens (including phenoxy) is 2. The summed E-state index contributed by atoms with van der Waals surface area (Å²) in [4.78, 5) is 10.3. The van der Waals surface area contributed by atoms with Gasteiger partial charge in [-0.2, -0.15) is 0 Å². The highest BCUT2D eigenvalue weighted by atomic mass is 16.5. The first-order chi connectivity index (χ1) is 11.8. The van der Waals surface area contributed by atoms with E-state index in [1.807, 2.05) is 0 Å². The Morgan fingerprint density at radius 3 is 1.88 bits per heavy atom. The lowest BCUT2D eigenvalue weighted by molar-refractivity contribution is -0.136. The molecule has 5 nitrogen and oxygen atoms in total. The average molecular weight is 346 g/mol. The van der Waals surface area contributed by atoms with Crippen molar-refractivity contribution in [3.63, 3.8) is 0 Å². The highest BCUT2D eigenvalue weighted by molar-refractivity contribution is 5.66. The van der Waals surface area contributed by atoms with Crippen molar-refractivity contribution >= 4 is 5.97 Å². The minimum absolute atomic E-state index is 0.155. The van der Waals surface area contributed by atoms with Crippen molar-refractivity contribution in [3.05, 3.63) is 0 Å². The van der Waals surface area contributed by atoms with Crippen LogP contribution in [0.4, 0.5) is 0 Å². The highest BCUT2D eigenvalue weighted by Crippen LogP contribution is 2.10. The molecule has 0 aromatic heterocycles. The van der Waals surface area contributed by atoms with Crippen molar-refractivity contribution in [2.24, 2.45) is 0 Å². The molecule has 0 spiro atoms. The molecule has 0 bridgehead atoms. The maximum absolute atomic E-state index is 10.3. The van der Waals surface area contributed by atoms with E-state index in [0.29, 0.717) is 32.9 Å². The second-order valence-electron chi connectivity index (χ2n) is 6.30. The second kappa shape index (κ2) is 20.4. The van der Waals surface area contributed by atoms with Gasteiger partial charge in [-0.3, -0.25) is 4.79 Å². The summed E-state index contributed by atoms with van der Waals surface area (Å²) in [6, 6.07) is 0. The van der Waals surface area contributed by atoms with Gasteiger partial charge in [0.25, 0.3) is 0 Å². The van der Waals surface area contributed by atoms with Crippen molar-refractivity contribution in [1.29, 1.82) is 0 Å². The Labute approximate surface area is 148 Å². The smallest absolute Gasteiger partial charge is 0.304 e. The molecule has 0 aromatic rings. The maximum Gasteiger partial charge on any atom is 0.304 e. The lowest BCUT2D eigenvalue weighted by Gasteiger charge is -2.06. The zero-order valence-corrected chi connectivity index (χ0v) is 15.7. The fourth-order valence-corrected chi connectivity index (χ4v) is 2.48. The van der Waals surface area contributed by atoms with Crippen LogP contribution in [0.3, 0.4) is 0 Å². The molecule has 0 atom stereocenters.